The van der Waals surface area contributed by atoms with Gasteiger partial charge in [0.05, 0.1) is 0 Å². The van der Waals surface area contributed by atoms with E-state index in [4.69, 9.17) is 0 Å². The summed E-state index contributed by atoms with van der Waals surface area (Å²) in [5, 5.41) is 0. The molecular formula is C16H28. The molecule has 0 saturated carbocycles. The van der Waals surface area contributed by atoms with E-state index < -0.39 is 0 Å². The van der Waals surface area contributed by atoms with Crippen molar-refractivity contribution in [1.82, 2.24) is 0 Å². The number of rotatable bonds is 11. The van der Waals surface area contributed by atoms with E-state index in [1.807, 2.05) is 12.2 Å². The Balaban J connectivity index is 3.06. The van der Waals surface area contributed by atoms with Crippen LogP contribution in [0.1, 0.15) is 64.7 Å². The first-order valence-corrected chi connectivity index (χ1v) is 6.86. The van der Waals surface area contributed by atoms with Gasteiger partial charge < -0.3 is 0 Å². The third-order valence-corrected chi connectivity index (χ3v) is 2.72. The third kappa shape index (κ3) is 13.2. The van der Waals surface area contributed by atoms with E-state index in [-0.39, 0.29) is 0 Å². The predicted molar refractivity (Wildman–Crippen MR) is 75.7 cm³/mol. The molecule has 0 heteroatoms. The largest absolute Gasteiger partial charge is 0.0991 e. The Bertz CT molecular complexity index is 186. The van der Waals surface area contributed by atoms with Crippen LogP contribution in [0.3, 0.4) is 0 Å². The molecule has 0 rings (SSSR count). The lowest BCUT2D eigenvalue weighted by atomic mass is 10.1. The Morgan fingerprint density at radius 3 is 2.00 bits per heavy atom. The van der Waals surface area contributed by atoms with Crippen LogP contribution in [0.4, 0.5) is 0 Å². The van der Waals surface area contributed by atoms with Gasteiger partial charge in [-0.15, -0.1) is 0 Å². The van der Waals surface area contributed by atoms with Crippen molar-refractivity contribution in [3.05, 3.63) is 37.0 Å². The molecule has 0 aliphatic rings. The maximum atomic E-state index is 3.63. The minimum atomic E-state index is 1.22. The summed E-state index contributed by atoms with van der Waals surface area (Å²) in [4.78, 5) is 0. The highest BCUT2D eigenvalue weighted by Gasteiger charge is 1.89. The zero-order valence-electron chi connectivity index (χ0n) is 11.0. The van der Waals surface area contributed by atoms with Crippen molar-refractivity contribution in [3.8, 4) is 0 Å². The van der Waals surface area contributed by atoms with E-state index in [2.05, 4.69) is 25.7 Å². The molecule has 0 N–H and O–H groups in total. The van der Waals surface area contributed by atoms with Gasteiger partial charge in [0.25, 0.3) is 0 Å². The summed E-state index contributed by atoms with van der Waals surface area (Å²) >= 11 is 0. The molecule has 0 fully saturated rings. The summed E-state index contributed by atoms with van der Waals surface area (Å²) in [6, 6.07) is 0. The van der Waals surface area contributed by atoms with Gasteiger partial charge >= 0.3 is 0 Å². The average Bonchev–Trinajstić information content (AvgIpc) is 2.31. The Morgan fingerprint density at radius 1 is 0.750 bits per heavy atom. The zero-order chi connectivity index (χ0) is 11.9. The van der Waals surface area contributed by atoms with Gasteiger partial charge in [-0.05, 0) is 12.8 Å². The Labute approximate surface area is 102 Å². The highest BCUT2D eigenvalue weighted by atomic mass is 14.0. The standard InChI is InChI=1S/C16H28/c1-3-5-7-9-11-13-15-16-14-12-10-8-6-4-2/h3,5,7,9,11H,1,4,6,8,10,12-16H2,2H3/b7-5+,11-9-. The van der Waals surface area contributed by atoms with Crippen molar-refractivity contribution >= 4 is 0 Å². The van der Waals surface area contributed by atoms with Crippen LogP contribution in [-0.2, 0) is 0 Å². The highest BCUT2D eigenvalue weighted by Crippen LogP contribution is 2.09. The molecule has 0 spiro atoms. The molecule has 0 radical (unpaired) electrons. The van der Waals surface area contributed by atoms with E-state index in [1.54, 1.807) is 6.08 Å². The summed E-state index contributed by atoms with van der Waals surface area (Å²) in [5.41, 5.74) is 0. The van der Waals surface area contributed by atoms with Gasteiger partial charge in [0.1, 0.15) is 0 Å². The lowest BCUT2D eigenvalue weighted by molar-refractivity contribution is 0.577. The smallest absolute Gasteiger partial charge is 0.0348 e. The maximum absolute atomic E-state index is 3.63. The molecule has 0 aromatic rings. The van der Waals surface area contributed by atoms with E-state index in [9.17, 15) is 0 Å². The van der Waals surface area contributed by atoms with Crippen LogP contribution in [0.15, 0.2) is 37.0 Å². The van der Waals surface area contributed by atoms with Crippen molar-refractivity contribution in [3.63, 3.8) is 0 Å². The molecule has 0 heterocycles. The summed E-state index contributed by atoms with van der Waals surface area (Å²) in [6.07, 6.45) is 22.6. The van der Waals surface area contributed by atoms with Gasteiger partial charge in [0.15, 0.2) is 0 Å². The fourth-order valence-corrected chi connectivity index (χ4v) is 1.71. The second-order valence-electron chi connectivity index (χ2n) is 4.31. The molecule has 0 aliphatic heterocycles. The molecule has 0 aromatic heterocycles. The first-order valence-electron chi connectivity index (χ1n) is 6.86. The summed E-state index contributed by atoms with van der Waals surface area (Å²) < 4.78 is 0. The molecule has 0 aliphatic carbocycles. The van der Waals surface area contributed by atoms with Crippen molar-refractivity contribution in [2.45, 2.75) is 64.7 Å². The van der Waals surface area contributed by atoms with E-state index in [0.717, 1.165) is 0 Å². The summed E-state index contributed by atoms with van der Waals surface area (Å²) in [6.45, 7) is 5.90. The molecular weight excluding hydrogens is 192 g/mol. The van der Waals surface area contributed by atoms with Gasteiger partial charge in [-0.2, -0.15) is 0 Å². The minimum Gasteiger partial charge on any atom is -0.0991 e. The zero-order valence-corrected chi connectivity index (χ0v) is 11.0. The first-order chi connectivity index (χ1) is 7.91. The Hall–Kier alpha value is -0.780. The minimum absolute atomic E-state index is 1.22. The average molecular weight is 220 g/mol. The van der Waals surface area contributed by atoms with Crippen LogP contribution < -0.4 is 0 Å². The second kappa shape index (κ2) is 14.2. The van der Waals surface area contributed by atoms with Crippen LogP contribution in [-0.4, -0.2) is 0 Å². The van der Waals surface area contributed by atoms with Crippen LogP contribution in [0.25, 0.3) is 0 Å². The quantitative estimate of drug-likeness (QED) is 0.304. The molecule has 16 heavy (non-hydrogen) atoms. The van der Waals surface area contributed by atoms with Gasteiger partial charge in [-0.3, -0.25) is 0 Å². The van der Waals surface area contributed by atoms with E-state index in [0.29, 0.717) is 0 Å². The number of allylic oxidation sites excluding steroid dienone is 5. The topological polar surface area (TPSA) is 0 Å². The monoisotopic (exact) mass is 220 g/mol. The molecule has 0 aromatic carbocycles. The van der Waals surface area contributed by atoms with Crippen molar-refractivity contribution in [2.75, 3.05) is 0 Å². The van der Waals surface area contributed by atoms with Gasteiger partial charge in [0.2, 0.25) is 0 Å². The van der Waals surface area contributed by atoms with Crippen LogP contribution in [0.2, 0.25) is 0 Å². The van der Waals surface area contributed by atoms with Crippen LogP contribution in [0, 0.1) is 0 Å². The van der Waals surface area contributed by atoms with Crippen molar-refractivity contribution in [1.29, 1.82) is 0 Å². The Morgan fingerprint density at radius 2 is 1.38 bits per heavy atom. The van der Waals surface area contributed by atoms with Crippen LogP contribution in [0.5, 0.6) is 0 Å². The first kappa shape index (κ1) is 15.2. The summed E-state index contributed by atoms with van der Waals surface area (Å²) in [5.74, 6) is 0. The molecule has 0 nitrogen and oxygen atoms in total. The molecule has 0 amide bonds. The molecule has 0 bridgehead atoms. The fraction of sp³-hybridized carbons (Fsp3) is 0.625. The summed E-state index contributed by atoms with van der Waals surface area (Å²) in [7, 11) is 0. The van der Waals surface area contributed by atoms with Crippen molar-refractivity contribution in [2.24, 2.45) is 0 Å². The maximum Gasteiger partial charge on any atom is -0.0348 e. The van der Waals surface area contributed by atoms with Crippen molar-refractivity contribution < 1.29 is 0 Å². The predicted octanol–water partition coefficient (Wildman–Crippen LogP) is 5.82. The van der Waals surface area contributed by atoms with Gasteiger partial charge in [0, 0.05) is 0 Å². The Kier molecular flexibility index (Phi) is 13.5. The SMILES string of the molecule is C=C/C=C/C=C\CCCCCCCCCC. The van der Waals surface area contributed by atoms with E-state index >= 15 is 0 Å². The number of unbranched alkanes of at least 4 members (excludes halogenated alkanes) is 8. The second-order valence-corrected chi connectivity index (χ2v) is 4.31. The molecule has 0 unspecified atom stereocenters. The lowest BCUT2D eigenvalue weighted by Crippen LogP contribution is -1.79. The molecule has 0 saturated heterocycles. The number of hydrogen-bond acceptors (Lipinski definition) is 0. The number of hydrogen-bond donors (Lipinski definition) is 0. The van der Waals surface area contributed by atoms with Gasteiger partial charge in [-0.25, -0.2) is 0 Å². The van der Waals surface area contributed by atoms with Crippen LogP contribution >= 0.6 is 0 Å². The highest BCUT2D eigenvalue weighted by molar-refractivity contribution is 5.08. The molecule has 92 valence electrons. The normalized spacial score (nSPS) is 11.6. The van der Waals surface area contributed by atoms with E-state index in [1.165, 1.54) is 57.8 Å². The fourth-order valence-electron chi connectivity index (χ4n) is 1.71. The molecule has 0 atom stereocenters. The van der Waals surface area contributed by atoms with Gasteiger partial charge in [-0.1, -0.05) is 88.8 Å². The third-order valence-electron chi connectivity index (χ3n) is 2.72. The lowest BCUT2D eigenvalue weighted by Gasteiger charge is -1.99.